The summed E-state index contributed by atoms with van der Waals surface area (Å²) in [6.45, 7) is 13.7. The number of amides is 2. The molecule has 4 heterocycles. The van der Waals surface area contributed by atoms with Crippen LogP contribution in [0.5, 0.6) is 0 Å². The van der Waals surface area contributed by atoms with Gasteiger partial charge in [0.25, 0.3) is 11.8 Å². The molecule has 2 atom stereocenters. The molecule has 3 aromatic heterocycles. The number of furan rings is 1. The molecule has 0 radical (unpaired) electrons. The van der Waals surface area contributed by atoms with Gasteiger partial charge in [0.2, 0.25) is 0 Å². The molecule has 1 aromatic carbocycles. The Hall–Kier alpha value is -2.96. The first-order valence-electron chi connectivity index (χ1n) is 20.1. The Morgan fingerprint density at radius 3 is 2.06 bits per heavy atom. The van der Waals surface area contributed by atoms with E-state index in [1.165, 1.54) is 106 Å². The third-order valence-electron chi connectivity index (χ3n) is 11.6. The monoisotopic (exact) mass is 725 g/mol. The van der Waals surface area contributed by atoms with Gasteiger partial charge < -0.3 is 4.42 Å². The number of fused-ring (bicyclic) bond motifs is 4. The first-order valence-corrected chi connectivity index (χ1v) is 21.8. The SMILES string of the molecule is CCCCCCCCN1C(=O)c2c(C)oc(-c3cc4c(s3)-c3sc(C)cc3C4(CC(CC)CCCC)c3ccc(CCCCCC)cc3)c2C1=O. The topological polar surface area (TPSA) is 50.5 Å². The molecule has 0 N–H and O–H groups in total. The molecule has 0 saturated carbocycles. The van der Waals surface area contributed by atoms with E-state index in [1.54, 1.807) is 11.3 Å². The van der Waals surface area contributed by atoms with Gasteiger partial charge in [-0.05, 0) is 79.8 Å². The van der Waals surface area contributed by atoms with Gasteiger partial charge in [-0.2, -0.15) is 0 Å². The number of hydrogen-bond donors (Lipinski definition) is 0. The number of carbonyl (C=O) groups is 2. The summed E-state index contributed by atoms with van der Waals surface area (Å²) in [5, 5.41) is 0. The number of thiophene rings is 2. The van der Waals surface area contributed by atoms with E-state index in [9.17, 15) is 9.59 Å². The molecule has 0 fully saturated rings. The molecule has 6 rings (SSSR count). The molecule has 1 aliphatic carbocycles. The highest BCUT2D eigenvalue weighted by Gasteiger charge is 2.49. The lowest BCUT2D eigenvalue weighted by Crippen LogP contribution is -2.31. The van der Waals surface area contributed by atoms with Crippen molar-refractivity contribution in [2.75, 3.05) is 6.54 Å². The number of imide groups is 1. The number of hydrogen-bond acceptors (Lipinski definition) is 5. The van der Waals surface area contributed by atoms with Crippen LogP contribution in [0, 0.1) is 19.8 Å². The molecular formula is C45H59NO3S2. The molecule has 2 aliphatic rings. The Kier molecular flexibility index (Phi) is 12.4. The predicted octanol–water partition coefficient (Wildman–Crippen LogP) is 13.7. The summed E-state index contributed by atoms with van der Waals surface area (Å²) in [6.07, 6.45) is 18.8. The third kappa shape index (κ3) is 7.34. The van der Waals surface area contributed by atoms with Crippen LogP contribution in [0.25, 0.3) is 20.4 Å². The van der Waals surface area contributed by atoms with Crippen molar-refractivity contribution < 1.29 is 14.0 Å². The summed E-state index contributed by atoms with van der Waals surface area (Å²) in [6, 6.07) is 14.4. The second-order valence-corrected chi connectivity index (χ2v) is 17.6. The Morgan fingerprint density at radius 1 is 0.725 bits per heavy atom. The molecule has 6 heteroatoms. The fourth-order valence-electron chi connectivity index (χ4n) is 8.67. The van der Waals surface area contributed by atoms with Crippen molar-refractivity contribution in [1.29, 1.82) is 0 Å². The predicted molar refractivity (Wildman–Crippen MR) is 216 cm³/mol. The van der Waals surface area contributed by atoms with Gasteiger partial charge in [0.1, 0.15) is 11.3 Å². The average molecular weight is 726 g/mol. The van der Waals surface area contributed by atoms with E-state index >= 15 is 0 Å². The van der Waals surface area contributed by atoms with Crippen LogP contribution in [0.4, 0.5) is 0 Å². The summed E-state index contributed by atoms with van der Waals surface area (Å²) in [4.78, 5) is 34.1. The van der Waals surface area contributed by atoms with Gasteiger partial charge >= 0.3 is 0 Å². The normalized spacial score (nSPS) is 17.0. The van der Waals surface area contributed by atoms with Gasteiger partial charge in [-0.25, -0.2) is 0 Å². The Morgan fingerprint density at radius 2 is 1.35 bits per heavy atom. The molecule has 0 bridgehead atoms. The van der Waals surface area contributed by atoms with Gasteiger partial charge in [0.05, 0.1) is 10.4 Å². The van der Waals surface area contributed by atoms with Crippen LogP contribution in [0.1, 0.15) is 178 Å². The highest BCUT2D eigenvalue weighted by molar-refractivity contribution is 7.24. The maximum Gasteiger partial charge on any atom is 0.265 e. The largest absolute Gasteiger partial charge is 0.459 e. The molecule has 4 nitrogen and oxygen atoms in total. The minimum Gasteiger partial charge on any atom is -0.459 e. The fraction of sp³-hybridized carbons (Fsp3) is 0.556. The van der Waals surface area contributed by atoms with E-state index < -0.39 is 0 Å². The fourth-order valence-corrected chi connectivity index (χ4v) is 11.1. The molecular weight excluding hydrogens is 667 g/mol. The lowest BCUT2D eigenvalue weighted by atomic mass is 9.67. The highest BCUT2D eigenvalue weighted by atomic mass is 32.1. The highest BCUT2D eigenvalue weighted by Crippen LogP contribution is 2.62. The van der Waals surface area contributed by atoms with Crippen LogP contribution in [0.15, 0.2) is 40.8 Å². The van der Waals surface area contributed by atoms with E-state index in [1.807, 2.05) is 18.3 Å². The zero-order valence-corrected chi connectivity index (χ0v) is 33.7. The zero-order valence-electron chi connectivity index (χ0n) is 32.1. The van der Waals surface area contributed by atoms with Crippen LogP contribution in [-0.4, -0.2) is 23.3 Å². The van der Waals surface area contributed by atoms with Crippen LogP contribution >= 0.6 is 22.7 Å². The second-order valence-electron chi connectivity index (χ2n) is 15.3. The molecule has 0 spiro atoms. The van der Waals surface area contributed by atoms with Crippen molar-refractivity contribution in [2.24, 2.45) is 5.92 Å². The van der Waals surface area contributed by atoms with E-state index in [2.05, 4.69) is 71.0 Å². The Bertz CT molecular complexity index is 1810. The molecule has 1 aliphatic heterocycles. The first kappa shape index (κ1) is 37.8. The van der Waals surface area contributed by atoms with Crippen LogP contribution in [0.2, 0.25) is 0 Å². The van der Waals surface area contributed by atoms with Gasteiger partial charge in [0, 0.05) is 26.6 Å². The molecule has 2 unspecified atom stereocenters. The minimum atomic E-state index is -0.270. The van der Waals surface area contributed by atoms with Gasteiger partial charge in [-0.1, -0.05) is 129 Å². The minimum absolute atomic E-state index is 0.192. The van der Waals surface area contributed by atoms with E-state index in [0.29, 0.717) is 35.1 Å². The molecule has 4 aromatic rings. The summed E-state index contributed by atoms with van der Waals surface area (Å²) < 4.78 is 6.41. The summed E-state index contributed by atoms with van der Waals surface area (Å²) >= 11 is 3.64. The first-order chi connectivity index (χ1) is 24.8. The number of carbonyl (C=O) groups excluding carboxylic acids is 2. The standard InChI is InChI=1S/C45H59NO3S2/c1-7-11-14-16-17-19-26-46-43(47)38-31(6)49-40(39(38)44(46)48)37-28-36-42(51-37)41-35(27-30(5)50-41)45(36,29-32(10-4)20-13-9-3)34-24-22-33(23-25-34)21-18-15-12-8-2/h22-25,27-28,32H,7-21,26,29H2,1-6H3. The lowest BCUT2D eigenvalue weighted by molar-refractivity contribution is 0.0648. The van der Waals surface area contributed by atoms with Crippen LogP contribution in [-0.2, 0) is 11.8 Å². The van der Waals surface area contributed by atoms with Gasteiger partial charge in [0.15, 0.2) is 5.76 Å². The number of benzene rings is 1. The maximum atomic E-state index is 14.0. The quantitative estimate of drug-likeness (QED) is 0.0673. The third-order valence-corrected chi connectivity index (χ3v) is 13.9. The smallest absolute Gasteiger partial charge is 0.265 e. The maximum absolute atomic E-state index is 14.0. The lowest BCUT2D eigenvalue weighted by Gasteiger charge is -2.35. The van der Waals surface area contributed by atoms with Crippen molar-refractivity contribution in [2.45, 2.75) is 150 Å². The molecule has 51 heavy (non-hydrogen) atoms. The van der Waals surface area contributed by atoms with Crippen molar-refractivity contribution in [3.63, 3.8) is 0 Å². The number of nitrogens with zero attached hydrogens (tertiary/aromatic N) is 1. The molecule has 0 saturated heterocycles. The van der Waals surface area contributed by atoms with Crippen molar-refractivity contribution in [3.05, 3.63) is 80.4 Å². The summed E-state index contributed by atoms with van der Waals surface area (Å²) in [5.41, 5.74) is 6.25. The van der Waals surface area contributed by atoms with Crippen LogP contribution in [0.3, 0.4) is 0 Å². The van der Waals surface area contributed by atoms with Gasteiger partial charge in [-0.15, -0.1) is 22.7 Å². The number of aryl methyl sites for hydroxylation is 3. The summed E-state index contributed by atoms with van der Waals surface area (Å²) in [7, 11) is 0. The van der Waals surface area contributed by atoms with E-state index in [4.69, 9.17) is 4.42 Å². The number of unbranched alkanes of at least 4 members (excludes halogenated alkanes) is 9. The molecule has 274 valence electrons. The average Bonchev–Trinajstić information content (AvgIpc) is 3.92. The number of rotatable bonds is 20. The van der Waals surface area contributed by atoms with Crippen molar-refractivity contribution in [3.8, 4) is 20.4 Å². The Labute approximate surface area is 315 Å². The van der Waals surface area contributed by atoms with E-state index in [0.717, 1.165) is 43.4 Å². The van der Waals surface area contributed by atoms with Crippen molar-refractivity contribution in [1.82, 2.24) is 4.90 Å². The van der Waals surface area contributed by atoms with Crippen molar-refractivity contribution >= 4 is 34.5 Å². The Balaban J connectivity index is 1.40. The second kappa shape index (κ2) is 16.8. The van der Waals surface area contributed by atoms with E-state index in [-0.39, 0.29) is 17.2 Å². The summed E-state index contributed by atoms with van der Waals surface area (Å²) in [5.74, 6) is 1.34. The zero-order chi connectivity index (χ0) is 36.1. The van der Waals surface area contributed by atoms with Crippen LogP contribution < -0.4 is 0 Å². The molecule has 2 amide bonds. The van der Waals surface area contributed by atoms with Gasteiger partial charge in [-0.3, -0.25) is 14.5 Å².